The molecule has 0 unspecified atom stereocenters. The minimum atomic E-state index is 0.0121. The third-order valence-corrected chi connectivity index (χ3v) is 3.89. The summed E-state index contributed by atoms with van der Waals surface area (Å²) in [7, 11) is 0. The van der Waals surface area contributed by atoms with Crippen molar-refractivity contribution in [3.05, 3.63) is 56.5 Å². The van der Waals surface area contributed by atoms with E-state index in [-0.39, 0.29) is 5.84 Å². The Morgan fingerprint density at radius 1 is 1.20 bits per heavy atom. The highest BCUT2D eigenvalue weighted by Gasteiger charge is 2.10. The summed E-state index contributed by atoms with van der Waals surface area (Å²) in [6, 6.07) is 10.1. The Morgan fingerprint density at radius 3 is 2.60 bits per heavy atom. The predicted molar refractivity (Wildman–Crippen MR) is 83.2 cm³/mol. The molecule has 0 aliphatic rings. The summed E-state index contributed by atoms with van der Waals surface area (Å²) in [5, 5.41) is 12.3. The molecule has 0 atom stereocenters. The summed E-state index contributed by atoms with van der Waals surface area (Å²) in [6.07, 6.45) is 0. The van der Waals surface area contributed by atoms with E-state index in [2.05, 4.69) is 21.1 Å². The second-order valence-electron chi connectivity index (χ2n) is 3.78. The molecule has 0 amide bonds. The molecule has 0 heterocycles. The van der Waals surface area contributed by atoms with E-state index in [9.17, 15) is 0 Å². The second kappa shape index (κ2) is 6.35. The number of rotatable bonds is 3. The number of oxime groups is 1. The van der Waals surface area contributed by atoms with Crippen LogP contribution in [0.5, 0.6) is 11.5 Å². The SMILES string of the molecule is N/C(=N/O)c1ccc(Oc2cccc(Cl)c2Cl)c(Br)c1. The lowest BCUT2D eigenvalue weighted by molar-refractivity contribution is 0.318. The van der Waals surface area contributed by atoms with Gasteiger partial charge in [-0.1, -0.05) is 34.4 Å². The highest BCUT2D eigenvalue weighted by atomic mass is 79.9. The molecule has 2 aromatic carbocycles. The fourth-order valence-corrected chi connectivity index (χ4v) is 2.27. The van der Waals surface area contributed by atoms with Crippen molar-refractivity contribution in [3.8, 4) is 11.5 Å². The monoisotopic (exact) mass is 374 g/mol. The fourth-order valence-electron chi connectivity index (χ4n) is 1.48. The molecule has 7 heteroatoms. The summed E-state index contributed by atoms with van der Waals surface area (Å²) in [5.41, 5.74) is 6.07. The lowest BCUT2D eigenvalue weighted by Gasteiger charge is -2.11. The quantitative estimate of drug-likeness (QED) is 0.355. The number of ether oxygens (including phenoxy) is 1. The third-order valence-electron chi connectivity index (χ3n) is 2.47. The minimum Gasteiger partial charge on any atom is -0.455 e. The van der Waals surface area contributed by atoms with Crippen LogP contribution in [-0.4, -0.2) is 11.0 Å². The van der Waals surface area contributed by atoms with Gasteiger partial charge >= 0.3 is 0 Å². The first-order valence-corrected chi connectivity index (χ1v) is 6.97. The first-order chi connectivity index (χ1) is 9.52. The second-order valence-corrected chi connectivity index (χ2v) is 5.42. The van der Waals surface area contributed by atoms with Crippen LogP contribution in [0.25, 0.3) is 0 Å². The normalized spacial score (nSPS) is 11.4. The van der Waals surface area contributed by atoms with Gasteiger partial charge in [0.15, 0.2) is 5.84 Å². The smallest absolute Gasteiger partial charge is 0.170 e. The van der Waals surface area contributed by atoms with E-state index < -0.39 is 0 Å². The lowest BCUT2D eigenvalue weighted by Crippen LogP contribution is -2.12. The van der Waals surface area contributed by atoms with Crippen LogP contribution in [-0.2, 0) is 0 Å². The Hall–Kier alpha value is -1.43. The van der Waals surface area contributed by atoms with Gasteiger partial charge in [-0.25, -0.2) is 0 Å². The minimum absolute atomic E-state index is 0.0121. The molecule has 104 valence electrons. The topological polar surface area (TPSA) is 67.8 Å². The van der Waals surface area contributed by atoms with Gasteiger partial charge in [0, 0.05) is 5.56 Å². The number of nitrogens with zero attached hydrogens (tertiary/aromatic N) is 1. The van der Waals surface area contributed by atoms with Crippen molar-refractivity contribution in [2.45, 2.75) is 0 Å². The average Bonchev–Trinajstić information content (AvgIpc) is 2.45. The number of halogens is 3. The largest absolute Gasteiger partial charge is 0.455 e. The zero-order valence-electron chi connectivity index (χ0n) is 9.98. The van der Waals surface area contributed by atoms with Gasteiger partial charge in [-0.3, -0.25) is 0 Å². The van der Waals surface area contributed by atoms with E-state index in [0.717, 1.165) is 0 Å². The van der Waals surface area contributed by atoms with Gasteiger partial charge in [-0.05, 0) is 46.3 Å². The molecule has 2 aromatic rings. The van der Waals surface area contributed by atoms with Crippen LogP contribution in [0.4, 0.5) is 0 Å². The van der Waals surface area contributed by atoms with E-state index in [1.54, 1.807) is 36.4 Å². The van der Waals surface area contributed by atoms with E-state index in [0.29, 0.717) is 31.6 Å². The lowest BCUT2D eigenvalue weighted by atomic mass is 10.2. The molecule has 0 saturated carbocycles. The van der Waals surface area contributed by atoms with Gasteiger partial charge in [0.2, 0.25) is 0 Å². The molecule has 0 saturated heterocycles. The molecule has 0 spiro atoms. The average molecular weight is 376 g/mol. The molecule has 0 fully saturated rings. The maximum absolute atomic E-state index is 8.63. The highest BCUT2D eigenvalue weighted by Crippen LogP contribution is 2.37. The van der Waals surface area contributed by atoms with E-state index in [4.69, 9.17) is 38.9 Å². The van der Waals surface area contributed by atoms with Gasteiger partial charge in [0.25, 0.3) is 0 Å². The molecule has 3 N–H and O–H groups in total. The predicted octanol–water partition coefficient (Wildman–Crippen LogP) is 4.64. The van der Waals surface area contributed by atoms with Gasteiger partial charge in [0.1, 0.15) is 16.5 Å². The summed E-state index contributed by atoms with van der Waals surface area (Å²) >= 11 is 15.3. The molecular formula is C13H9BrCl2N2O2. The molecule has 0 aromatic heterocycles. The van der Waals surface area contributed by atoms with Crippen molar-refractivity contribution >= 4 is 45.0 Å². The fraction of sp³-hybridized carbons (Fsp3) is 0. The molecule has 0 bridgehead atoms. The maximum atomic E-state index is 8.63. The zero-order valence-corrected chi connectivity index (χ0v) is 13.1. The van der Waals surface area contributed by atoms with E-state index in [1.807, 2.05) is 0 Å². The first kappa shape index (κ1) is 15.0. The number of hydrogen-bond donors (Lipinski definition) is 2. The number of benzene rings is 2. The number of hydrogen-bond acceptors (Lipinski definition) is 3. The van der Waals surface area contributed by atoms with Gasteiger partial charge < -0.3 is 15.7 Å². The van der Waals surface area contributed by atoms with Gasteiger partial charge in [0.05, 0.1) is 9.50 Å². The van der Waals surface area contributed by atoms with Crippen LogP contribution >= 0.6 is 39.1 Å². The van der Waals surface area contributed by atoms with Crippen molar-refractivity contribution in [2.75, 3.05) is 0 Å². The highest BCUT2D eigenvalue weighted by molar-refractivity contribution is 9.10. The first-order valence-electron chi connectivity index (χ1n) is 5.42. The third kappa shape index (κ3) is 3.17. The Balaban J connectivity index is 2.33. The van der Waals surface area contributed by atoms with Crippen LogP contribution in [0.2, 0.25) is 10.0 Å². The molecule has 0 aliphatic heterocycles. The molecule has 20 heavy (non-hydrogen) atoms. The molecule has 0 radical (unpaired) electrons. The van der Waals surface area contributed by atoms with Crippen molar-refractivity contribution in [1.29, 1.82) is 0 Å². The Kier molecular flexibility index (Phi) is 4.75. The summed E-state index contributed by atoms with van der Waals surface area (Å²) in [5.74, 6) is 0.984. The van der Waals surface area contributed by atoms with E-state index in [1.165, 1.54) is 0 Å². The molecule has 4 nitrogen and oxygen atoms in total. The van der Waals surface area contributed by atoms with Crippen LogP contribution in [0.3, 0.4) is 0 Å². The standard InChI is InChI=1S/C13H9BrCl2N2O2/c14-8-6-7(13(17)18-19)4-5-10(8)20-11-3-1-2-9(15)12(11)16/h1-6,19H,(H2,17,18). The summed E-state index contributed by atoms with van der Waals surface area (Å²) in [4.78, 5) is 0. The zero-order chi connectivity index (χ0) is 14.7. The van der Waals surface area contributed by atoms with Gasteiger partial charge in [-0.2, -0.15) is 0 Å². The van der Waals surface area contributed by atoms with Crippen LogP contribution in [0.1, 0.15) is 5.56 Å². The molecular weight excluding hydrogens is 367 g/mol. The van der Waals surface area contributed by atoms with Crippen molar-refractivity contribution < 1.29 is 9.94 Å². The number of nitrogens with two attached hydrogens (primary N) is 1. The maximum Gasteiger partial charge on any atom is 0.170 e. The van der Waals surface area contributed by atoms with Crippen LogP contribution in [0, 0.1) is 0 Å². The van der Waals surface area contributed by atoms with Crippen molar-refractivity contribution in [2.24, 2.45) is 10.9 Å². The van der Waals surface area contributed by atoms with Crippen molar-refractivity contribution in [3.63, 3.8) is 0 Å². The molecule has 2 rings (SSSR count). The van der Waals surface area contributed by atoms with E-state index >= 15 is 0 Å². The van der Waals surface area contributed by atoms with Crippen LogP contribution < -0.4 is 10.5 Å². The van der Waals surface area contributed by atoms with Crippen molar-refractivity contribution in [1.82, 2.24) is 0 Å². The Bertz CT molecular complexity index is 677. The van der Waals surface area contributed by atoms with Crippen LogP contribution in [0.15, 0.2) is 46.0 Å². The Morgan fingerprint density at radius 2 is 1.95 bits per heavy atom. The summed E-state index contributed by atoms with van der Waals surface area (Å²) in [6.45, 7) is 0. The number of amidine groups is 1. The summed E-state index contributed by atoms with van der Waals surface area (Å²) < 4.78 is 6.32. The van der Waals surface area contributed by atoms with Gasteiger partial charge in [-0.15, -0.1) is 0 Å². The molecule has 0 aliphatic carbocycles. The Labute approximate surface area is 133 Å².